The number of allylic oxidation sites excluding steroid dienone is 1. The van der Waals surface area contributed by atoms with Gasteiger partial charge in [-0.25, -0.2) is 0 Å². The van der Waals surface area contributed by atoms with Crippen LogP contribution in [0.4, 0.5) is 0 Å². The Morgan fingerprint density at radius 2 is 1.67 bits per heavy atom. The summed E-state index contributed by atoms with van der Waals surface area (Å²) in [4.78, 5) is 24.5. The average Bonchev–Trinajstić information content (AvgIpc) is 2.38. The molecular formula is C14H10O4. The van der Waals surface area contributed by atoms with Crippen LogP contribution in [-0.2, 0) is 0 Å². The number of carbonyl (C=O) groups excluding carboxylic acids is 2. The predicted octanol–water partition coefficient (Wildman–Crippen LogP) is 1.57. The number of aliphatic hydroxyl groups excluding tert-OH is 2. The molecule has 0 saturated heterocycles. The number of fused-ring (bicyclic) bond motifs is 1. The molecule has 0 aliphatic heterocycles. The Balaban J connectivity index is 2.30. The fourth-order valence-corrected chi connectivity index (χ4v) is 2.41. The number of benzene rings is 1. The van der Waals surface area contributed by atoms with Gasteiger partial charge in [-0.05, 0) is 12.5 Å². The van der Waals surface area contributed by atoms with Crippen LogP contribution in [0.1, 0.15) is 27.1 Å². The zero-order valence-electron chi connectivity index (χ0n) is 9.38. The molecule has 18 heavy (non-hydrogen) atoms. The van der Waals surface area contributed by atoms with Gasteiger partial charge >= 0.3 is 0 Å². The summed E-state index contributed by atoms with van der Waals surface area (Å²) in [6.45, 7) is 0. The Kier molecular flexibility index (Phi) is 2.21. The second-order valence-electron chi connectivity index (χ2n) is 4.33. The van der Waals surface area contributed by atoms with Gasteiger partial charge in [-0.2, -0.15) is 0 Å². The molecule has 2 aliphatic carbocycles. The van der Waals surface area contributed by atoms with Crippen molar-refractivity contribution in [3.63, 3.8) is 0 Å². The number of carbonyl (C=O) groups is 2. The van der Waals surface area contributed by atoms with Gasteiger partial charge in [0, 0.05) is 16.7 Å². The number of hydrogen-bond donors (Lipinski definition) is 2. The van der Waals surface area contributed by atoms with E-state index in [1.54, 1.807) is 24.3 Å². The van der Waals surface area contributed by atoms with Gasteiger partial charge in [0.15, 0.2) is 11.6 Å². The van der Waals surface area contributed by atoms with E-state index >= 15 is 0 Å². The summed E-state index contributed by atoms with van der Waals surface area (Å²) in [5, 5.41) is 19.6. The normalized spacial score (nSPS) is 22.5. The quantitative estimate of drug-likeness (QED) is 0.724. The zero-order chi connectivity index (χ0) is 12.9. The smallest absolute Gasteiger partial charge is 0.197 e. The lowest BCUT2D eigenvalue weighted by atomic mass is 9.78. The summed E-state index contributed by atoms with van der Waals surface area (Å²) in [6, 6.07) is 6.44. The lowest BCUT2D eigenvalue weighted by Gasteiger charge is -2.26. The predicted molar refractivity (Wildman–Crippen MR) is 63.5 cm³/mol. The average molecular weight is 242 g/mol. The number of Topliss-reactive ketones (excluding diaryl/α,β-unsaturated/α-hetero) is 2. The van der Waals surface area contributed by atoms with E-state index in [9.17, 15) is 19.8 Å². The second-order valence-corrected chi connectivity index (χ2v) is 4.33. The van der Waals surface area contributed by atoms with E-state index in [1.165, 1.54) is 6.08 Å². The number of ketones is 2. The van der Waals surface area contributed by atoms with Crippen molar-refractivity contribution in [2.75, 3.05) is 0 Å². The Bertz CT molecular complexity index is 637. The van der Waals surface area contributed by atoms with Crippen molar-refractivity contribution in [2.24, 2.45) is 0 Å². The van der Waals surface area contributed by atoms with E-state index in [4.69, 9.17) is 0 Å². The summed E-state index contributed by atoms with van der Waals surface area (Å²) in [7, 11) is 0. The van der Waals surface area contributed by atoms with Crippen LogP contribution in [0.5, 0.6) is 0 Å². The lowest BCUT2D eigenvalue weighted by Crippen LogP contribution is -2.31. The van der Waals surface area contributed by atoms with Crippen molar-refractivity contribution in [1.29, 1.82) is 0 Å². The highest BCUT2D eigenvalue weighted by Crippen LogP contribution is 2.34. The van der Waals surface area contributed by atoms with Crippen LogP contribution in [0.15, 0.2) is 47.2 Å². The Hall–Kier alpha value is -2.20. The van der Waals surface area contributed by atoms with Crippen LogP contribution < -0.4 is 0 Å². The van der Waals surface area contributed by atoms with Gasteiger partial charge in [0.1, 0.15) is 5.76 Å². The molecule has 1 aromatic carbocycles. The van der Waals surface area contributed by atoms with E-state index in [0.717, 1.165) is 0 Å². The highest BCUT2D eigenvalue weighted by Gasteiger charge is 2.38. The van der Waals surface area contributed by atoms with E-state index in [1.807, 2.05) is 0 Å². The van der Waals surface area contributed by atoms with Gasteiger partial charge in [-0.3, -0.25) is 9.59 Å². The van der Waals surface area contributed by atoms with Crippen LogP contribution in [0.25, 0.3) is 0 Å². The van der Waals surface area contributed by atoms with Gasteiger partial charge in [0.25, 0.3) is 0 Å². The van der Waals surface area contributed by atoms with Crippen LogP contribution in [0.3, 0.4) is 0 Å². The van der Waals surface area contributed by atoms with Crippen molar-refractivity contribution < 1.29 is 19.8 Å². The van der Waals surface area contributed by atoms with Crippen LogP contribution in [0.2, 0.25) is 0 Å². The van der Waals surface area contributed by atoms with E-state index < -0.39 is 11.9 Å². The van der Waals surface area contributed by atoms with Gasteiger partial charge in [-0.1, -0.05) is 24.3 Å². The molecule has 0 fully saturated rings. The molecule has 0 saturated carbocycles. The maximum Gasteiger partial charge on any atom is 0.197 e. The van der Waals surface area contributed by atoms with Crippen LogP contribution in [0, 0.1) is 0 Å². The molecule has 0 spiro atoms. The van der Waals surface area contributed by atoms with Crippen molar-refractivity contribution in [1.82, 2.24) is 0 Å². The number of rotatable bonds is 0. The van der Waals surface area contributed by atoms with Gasteiger partial charge < -0.3 is 10.2 Å². The third-order valence-electron chi connectivity index (χ3n) is 3.28. The molecule has 90 valence electrons. The standard InChI is InChI=1S/C14H10O4/c15-9-5-6-10(16)12-11(9)13(17)7-3-1-2-4-8(7)14(12)18/h1-5,10,15-16H,6H2. The van der Waals surface area contributed by atoms with Gasteiger partial charge in [0.05, 0.1) is 11.7 Å². The monoisotopic (exact) mass is 242 g/mol. The molecule has 3 rings (SSSR count). The van der Waals surface area contributed by atoms with Crippen LogP contribution >= 0.6 is 0 Å². The van der Waals surface area contributed by atoms with Crippen molar-refractivity contribution in [3.05, 3.63) is 58.4 Å². The molecule has 2 aliphatic rings. The summed E-state index contributed by atoms with van der Waals surface area (Å²) in [6.07, 6.45) is 0.481. The summed E-state index contributed by atoms with van der Waals surface area (Å²) in [5.41, 5.74) is 0.515. The minimum atomic E-state index is -1.03. The molecule has 0 aromatic heterocycles. The maximum absolute atomic E-state index is 12.2. The highest BCUT2D eigenvalue weighted by molar-refractivity contribution is 6.28. The van der Waals surface area contributed by atoms with Gasteiger partial charge in [0.2, 0.25) is 0 Å². The van der Waals surface area contributed by atoms with E-state index in [0.29, 0.717) is 0 Å². The lowest BCUT2D eigenvalue weighted by molar-refractivity contribution is 0.0928. The van der Waals surface area contributed by atoms with Gasteiger partial charge in [-0.15, -0.1) is 0 Å². The SMILES string of the molecule is O=C1C2=C(C(=O)c3ccccc31)C(O)CC=C2O. The Morgan fingerprint density at radius 1 is 1.06 bits per heavy atom. The second kappa shape index (κ2) is 3.65. The minimum absolute atomic E-state index is 0.0127. The molecule has 1 atom stereocenters. The molecule has 4 nitrogen and oxygen atoms in total. The summed E-state index contributed by atoms with van der Waals surface area (Å²) in [5.74, 6) is -1.01. The molecule has 4 heteroatoms. The molecule has 0 amide bonds. The van der Waals surface area contributed by atoms with Crippen molar-refractivity contribution in [3.8, 4) is 0 Å². The van der Waals surface area contributed by atoms with E-state index in [-0.39, 0.29) is 40.2 Å². The third-order valence-corrected chi connectivity index (χ3v) is 3.28. The molecule has 2 N–H and O–H groups in total. The molecular weight excluding hydrogens is 232 g/mol. The number of hydrogen-bond acceptors (Lipinski definition) is 4. The first-order chi connectivity index (χ1) is 8.61. The van der Waals surface area contributed by atoms with Crippen molar-refractivity contribution >= 4 is 11.6 Å². The largest absolute Gasteiger partial charge is 0.508 e. The maximum atomic E-state index is 12.2. The number of aliphatic hydroxyl groups is 2. The molecule has 0 radical (unpaired) electrons. The first-order valence-electron chi connectivity index (χ1n) is 5.61. The molecule has 1 aromatic rings. The first kappa shape index (κ1) is 10.9. The summed E-state index contributed by atoms with van der Waals surface area (Å²) < 4.78 is 0. The highest BCUT2D eigenvalue weighted by atomic mass is 16.3. The molecule has 0 bridgehead atoms. The molecule has 1 unspecified atom stereocenters. The van der Waals surface area contributed by atoms with E-state index in [2.05, 4.69) is 0 Å². The Labute approximate surface area is 103 Å². The first-order valence-corrected chi connectivity index (χ1v) is 5.61. The third kappa shape index (κ3) is 1.29. The topological polar surface area (TPSA) is 74.6 Å². The fourth-order valence-electron chi connectivity index (χ4n) is 2.41. The minimum Gasteiger partial charge on any atom is -0.508 e. The van der Waals surface area contributed by atoms with Crippen LogP contribution in [-0.4, -0.2) is 27.9 Å². The Morgan fingerprint density at radius 3 is 2.33 bits per heavy atom. The fraction of sp³-hybridized carbons (Fsp3) is 0.143. The van der Waals surface area contributed by atoms with Crippen molar-refractivity contribution in [2.45, 2.75) is 12.5 Å². The molecule has 0 heterocycles. The summed E-state index contributed by atoms with van der Waals surface area (Å²) >= 11 is 0. The zero-order valence-corrected chi connectivity index (χ0v) is 9.38.